The van der Waals surface area contributed by atoms with Gasteiger partial charge in [0.2, 0.25) is 11.8 Å². The van der Waals surface area contributed by atoms with Crippen molar-refractivity contribution < 1.29 is 18.0 Å². The highest BCUT2D eigenvalue weighted by Crippen LogP contribution is 2.42. The molecule has 0 saturated carbocycles. The van der Waals surface area contributed by atoms with E-state index in [2.05, 4.69) is 5.32 Å². The number of rotatable bonds is 9. The summed E-state index contributed by atoms with van der Waals surface area (Å²) in [5.74, 6) is -0.386. The number of anilines is 1. The normalized spacial score (nSPS) is 14.7. The predicted molar refractivity (Wildman–Crippen MR) is 133 cm³/mol. The van der Waals surface area contributed by atoms with Gasteiger partial charge in [0.15, 0.2) is 0 Å². The van der Waals surface area contributed by atoms with Gasteiger partial charge in [-0.15, -0.1) is 0 Å². The van der Waals surface area contributed by atoms with Crippen LogP contribution in [0, 0.1) is 0 Å². The van der Waals surface area contributed by atoms with Gasteiger partial charge in [-0.1, -0.05) is 61.5 Å². The highest BCUT2D eigenvalue weighted by atomic mass is 32.2. The lowest BCUT2D eigenvalue weighted by atomic mass is 10.1. The Morgan fingerprint density at radius 2 is 1.71 bits per heavy atom. The lowest BCUT2D eigenvalue weighted by Crippen LogP contribution is -2.48. The Labute approximate surface area is 200 Å². The Morgan fingerprint density at radius 3 is 2.38 bits per heavy atom. The Bertz CT molecular complexity index is 1300. The summed E-state index contributed by atoms with van der Waals surface area (Å²) in [5.41, 5.74) is 1.58. The third-order valence-corrected chi connectivity index (χ3v) is 8.12. The van der Waals surface area contributed by atoms with E-state index in [0.717, 1.165) is 16.3 Å². The van der Waals surface area contributed by atoms with E-state index in [1.807, 2.05) is 55.5 Å². The van der Waals surface area contributed by atoms with Crippen LogP contribution in [0.25, 0.3) is 10.8 Å². The van der Waals surface area contributed by atoms with E-state index in [-0.39, 0.29) is 24.8 Å². The first-order valence-corrected chi connectivity index (χ1v) is 12.9. The molecule has 3 aromatic rings. The maximum absolute atomic E-state index is 13.3. The number of likely N-dealkylation sites (N-methyl/N-ethyl adjacent to an activating group) is 1. The fourth-order valence-electron chi connectivity index (χ4n) is 4.58. The van der Waals surface area contributed by atoms with Gasteiger partial charge in [-0.25, -0.2) is 8.42 Å². The third kappa shape index (κ3) is 4.37. The van der Waals surface area contributed by atoms with Crippen molar-refractivity contribution >= 4 is 38.3 Å². The fraction of sp³-hybridized carbons (Fsp3) is 0.308. The number of nitrogens with one attached hydrogen (secondary N) is 1. The fourth-order valence-corrected chi connectivity index (χ4v) is 6.33. The molecule has 0 bridgehead atoms. The summed E-state index contributed by atoms with van der Waals surface area (Å²) in [4.78, 5) is 27.7. The monoisotopic (exact) mass is 479 g/mol. The van der Waals surface area contributed by atoms with Gasteiger partial charge in [0.25, 0.3) is 10.0 Å². The summed E-state index contributed by atoms with van der Waals surface area (Å²) in [6, 6.07) is 19.8. The predicted octanol–water partition coefficient (Wildman–Crippen LogP) is 3.68. The molecule has 8 heteroatoms. The van der Waals surface area contributed by atoms with Crippen LogP contribution in [0.15, 0.2) is 71.6 Å². The first kappa shape index (κ1) is 23.8. The zero-order valence-electron chi connectivity index (χ0n) is 19.4. The Hall–Kier alpha value is -3.39. The molecule has 3 aromatic carbocycles. The molecule has 34 heavy (non-hydrogen) atoms. The minimum Gasteiger partial charge on any atom is -0.357 e. The van der Waals surface area contributed by atoms with Gasteiger partial charge in [0.1, 0.15) is 6.04 Å². The van der Waals surface area contributed by atoms with Crippen LogP contribution in [0.5, 0.6) is 0 Å². The highest BCUT2D eigenvalue weighted by Gasteiger charge is 2.35. The lowest BCUT2D eigenvalue weighted by Gasteiger charge is -2.30. The summed E-state index contributed by atoms with van der Waals surface area (Å²) < 4.78 is 27.8. The quantitative estimate of drug-likeness (QED) is 0.507. The van der Waals surface area contributed by atoms with E-state index in [1.165, 1.54) is 4.31 Å². The van der Waals surface area contributed by atoms with Crippen molar-refractivity contribution in [2.24, 2.45) is 0 Å². The smallest absolute Gasteiger partial charge is 0.265 e. The van der Waals surface area contributed by atoms with Crippen LogP contribution in [0.3, 0.4) is 0 Å². The number of benzene rings is 3. The van der Waals surface area contributed by atoms with E-state index in [0.29, 0.717) is 30.0 Å². The van der Waals surface area contributed by atoms with Crippen LogP contribution in [-0.2, 0) is 26.2 Å². The summed E-state index contributed by atoms with van der Waals surface area (Å²) in [5, 5.41) is 4.26. The Morgan fingerprint density at radius 1 is 1.00 bits per heavy atom. The van der Waals surface area contributed by atoms with Gasteiger partial charge in [0.05, 0.1) is 10.6 Å². The molecule has 178 valence electrons. The minimum atomic E-state index is -3.66. The number of carbonyl (C=O) groups excluding carboxylic acids is 2. The number of hydrogen-bond donors (Lipinski definition) is 1. The van der Waals surface area contributed by atoms with Crippen LogP contribution < -0.4 is 9.62 Å². The molecule has 1 N–H and O–H groups in total. The SMILES string of the molecule is CC[C@@H](C(=O)NC)N(Cc1ccccc1)C(=O)CCCN1c2cccc3cccc(c23)S1(=O)=O. The average molecular weight is 480 g/mol. The van der Waals surface area contributed by atoms with Crippen LogP contribution in [-0.4, -0.2) is 44.8 Å². The molecule has 0 spiro atoms. The molecule has 0 fully saturated rings. The van der Waals surface area contributed by atoms with E-state index in [1.54, 1.807) is 30.1 Å². The van der Waals surface area contributed by atoms with Crippen molar-refractivity contribution in [1.29, 1.82) is 0 Å². The summed E-state index contributed by atoms with van der Waals surface area (Å²) in [6.45, 7) is 2.38. The number of nitrogens with zero attached hydrogens (tertiary/aromatic N) is 2. The molecule has 1 atom stereocenters. The number of hydrogen-bond acceptors (Lipinski definition) is 4. The second-order valence-corrected chi connectivity index (χ2v) is 10.2. The first-order chi connectivity index (χ1) is 16.4. The second-order valence-electron chi connectivity index (χ2n) is 8.36. The maximum Gasteiger partial charge on any atom is 0.265 e. The molecule has 0 unspecified atom stereocenters. The Kier molecular flexibility index (Phi) is 6.88. The molecule has 0 saturated heterocycles. The van der Waals surface area contributed by atoms with Crippen LogP contribution in [0.2, 0.25) is 0 Å². The molecule has 1 heterocycles. The van der Waals surface area contributed by atoms with Gasteiger partial charge in [-0.05, 0) is 35.9 Å². The van der Waals surface area contributed by atoms with E-state index >= 15 is 0 Å². The number of amides is 2. The van der Waals surface area contributed by atoms with E-state index < -0.39 is 16.1 Å². The van der Waals surface area contributed by atoms with Crippen molar-refractivity contribution in [3.63, 3.8) is 0 Å². The molecule has 4 rings (SSSR count). The summed E-state index contributed by atoms with van der Waals surface area (Å²) >= 11 is 0. The largest absolute Gasteiger partial charge is 0.357 e. The van der Waals surface area contributed by atoms with Crippen LogP contribution >= 0.6 is 0 Å². The zero-order chi connectivity index (χ0) is 24.3. The van der Waals surface area contributed by atoms with Gasteiger partial charge in [-0.3, -0.25) is 13.9 Å². The molecule has 1 aliphatic rings. The lowest BCUT2D eigenvalue weighted by molar-refractivity contribution is -0.141. The van der Waals surface area contributed by atoms with Crippen molar-refractivity contribution in [2.45, 2.75) is 43.7 Å². The molecular weight excluding hydrogens is 450 g/mol. The standard InChI is InChI=1S/C26H29N3O4S/c1-3-21(26(31)27-2)28(18-19-10-5-4-6-11-19)24(30)16-9-17-29-22-14-7-12-20-13-8-15-23(25(20)22)34(29,32)33/h4-8,10-15,21H,3,9,16-18H2,1-2H3,(H,27,31)/t21-/m0/s1. The molecule has 0 aliphatic carbocycles. The van der Waals surface area contributed by atoms with Crippen molar-refractivity contribution in [3.8, 4) is 0 Å². The summed E-state index contributed by atoms with van der Waals surface area (Å²) in [7, 11) is -2.10. The first-order valence-electron chi connectivity index (χ1n) is 11.5. The van der Waals surface area contributed by atoms with Crippen LogP contribution in [0.1, 0.15) is 31.7 Å². The van der Waals surface area contributed by atoms with Gasteiger partial charge in [0, 0.05) is 31.9 Å². The second kappa shape index (κ2) is 9.85. The maximum atomic E-state index is 13.3. The average Bonchev–Trinajstić information content (AvgIpc) is 3.07. The molecule has 0 aromatic heterocycles. The van der Waals surface area contributed by atoms with Crippen molar-refractivity contribution in [1.82, 2.24) is 10.2 Å². The van der Waals surface area contributed by atoms with E-state index in [4.69, 9.17) is 0 Å². The molecular formula is C26H29N3O4S. The molecule has 7 nitrogen and oxygen atoms in total. The van der Waals surface area contributed by atoms with Gasteiger partial charge >= 0.3 is 0 Å². The molecule has 0 radical (unpaired) electrons. The minimum absolute atomic E-state index is 0.138. The van der Waals surface area contributed by atoms with Crippen LogP contribution in [0.4, 0.5) is 5.69 Å². The molecule has 2 amide bonds. The molecule has 1 aliphatic heterocycles. The third-order valence-electron chi connectivity index (χ3n) is 6.26. The van der Waals surface area contributed by atoms with Crippen molar-refractivity contribution in [3.05, 3.63) is 72.3 Å². The topological polar surface area (TPSA) is 86.8 Å². The number of sulfonamides is 1. The van der Waals surface area contributed by atoms with E-state index in [9.17, 15) is 18.0 Å². The van der Waals surface area contributed by atoms with Crippen molar-refractivity contribution in [2.75, 3.05) is 17.9 Å². The number of carbonyl (C=O) groups is 2. The highest BCUT2D eigenvalue weighted by molar-refractivity contribution is 7.93. The zero-order valence-corrected chi connectivity index (χ0v) is 20.2. The summed E-state index contributed by atoms with van der Waals surface area (Å²) in [6.07, 6.45) is 0.965. The van der Waals surface area contributed by atoms with Gasteiger partial charge in [-0.2, -0.15) is 0 Å². The Balaban J connectivity index is 1.51. The van der Waals surface area contributed by atoms with Gasteiger partial charge < -0.3 is 10.2 Å².